The molecule has 1 aliphatic carbocycles. The van der Waals surface area contributed by atoms with Gasteiger partial charge in [0.15, 0.2) is 0 Å². The maximum atomic E-state index is 12.5. The van der Waals surface area contributed by atoms with E-state index in [2.05, 4.69) is 10.2 Å². The zero-order valence-electron chi connectivity index (χ0n) is 17.1. The summed E-state index contributed by atoms with van der Waals surface area (Å²) in [6.07, 6.45) is 4.35. The van der Waals surface area contributed by atoms with Gasteiger partial charge in [0.25, 0.3) is 0 Å². The van der Waals surface area contributed by atoms with E-state index < -0.39 is 0 Å². The molecule has 4 rings (SSSR count). The average molecular weight is 410 g/mol. The van der Waals surface area contributed by atoms with Gasteiger partial charge in [-0.25, -0.2) is 0 Å². The van der Waals surface area contributed by atoms with Crippen LogP contribution in [0.3, 0.4) is 0 Å². The summed E-state index contributed by atoms with van der Waals surface area (Å²) in [5, 5.41) is 8.04. The Kier molecular flexibility index (Phi) is 5.92. The normalized spacial score (nSPS) is 21.0. The Balaban J connectivity index is 1.26. The summed E-state index contributed by atoms with van der Waals surface area (Å²) in [6, 6.07) is 9.44. The topological polar surface area (TPSA) is 96.6 Å². The summed E-state index contributed by atoms with van der Waals surface area (Å²) < 4.78 is 5.64. The minimum atomic E-state index is -0.138. The Labute approximate surface area is 175 Å². The lowest BCUT2D eigenvalue weighted by molar-refractivity contribution is -0.140. The molecule has 1 aliphatic heterocycles. The molecule has 0 unspecified atom stereocenters. The third-order valence-electron chi connectivity index (χ3n) is 5.99. The third kappa shape index (κ3) is 4.13. The van der Waals surface area contributed by atoms with Gasteiger partial charge in [-0.1, -0.05) is 31.0 Å². The number of likely N-dealkylation sites (tertiary alicyclic amines) is 1. The number of hydrogen-bond acceptors (Lipinski definition) is 6. The second kappa shape index (κ2) is 8.77. The van der Waals surface area contributed by atoms with Crippen LogP contribution in [0.2, 0.25) is 0 Å². The van der Waals surface area contributed by atoms with Crippen LogP contribution in [0, 0.1) is 11.8 Å². The molecule has 8 nitrogen and oxygen atoms in total. The second-order valence-electron chi connectivity index (χ2n) is 8.05. The van der Waals surface area contributed by atoms with Gasteiger partial charge in [0, 0.05) is 25.6 Å². The lowest BCUT2D eigenvalue weighted by Gasteiger charge is -2.19. The molecule has 1 saturated carbocycles. The standard InChI is InChI=1S/C22H26N4O4/c1-25(14-18-23-24-20(30-18)15-8-3-2-4-9-15)19(27)12-7-13-26-21(28)16-10-5-6-11-17(16)22(26)29/h2-4,8-9,16-17H,5-7,10-14H2,1H3/t16-,17-/m1/s1. The van der Waals surface area contributed by atoms with Gasteiger partial charge in [0.1, 0.15) is 0 Å². The van der Waals surface area contributed by atoms with Crippen molar-refractivity contribution >= 4 is 17.7 Å². The maximum Gasteiger partial charge on any atom is 0.247 e. The summed E-state index contributed by atoms with van der Waals surface area (Å²) in [5.41, 5.74) is 0.825. The van der Waals surface area contributed by atoms with Crippen molar-refractivity contribution in [2.75, 3.05) is 13.6 Å². The number of hydrogen-bond donors (Lipinski definition) is 0. The summed E-state index contributed by atoms with van der Waals surface area (Å²) in [4.78, 5) is 40.4. The molecule has 0 radical (unpaired) electrons. The van der Waals surface area contributed by atoms with Crippen LogP contribution in [0.15, 0.2) is 34.7 Å². The van der Waals surface area contributed by atoms with E-state index >= 15 is 0 Å². The Morgan fingerprint density at radius 1 is 1.10 bits per heavy atom. The summed E-state index contributed by atoms with van der Waals surface area (Å²) in [5.74, 6) is 0.306. The Morgan fingerprint density at radius 2 is 1.77 bits per heavy atom. The molecular formula is C22H26N4O4. The number of carbonyl (C=O) groups is 3. The monoisotopic (exact) mass is 410 g/mol. The van der Waals surface area contributed by atoms with E-state index in [4.69, 9.17) is 4.42 Å². The first-order valence-corrected chi connectivity index (χ1v) is 10.5. The molecule has 8 heteroatoms. The smallest absolute Gasteiger partial charge is 0.247 e. The summed E-state index contributed by atoms with van der Waals surface area (Å²) in [7, 11) is 1.68. The first-order valence-electron chi connectivity index (χ1n) is 10.5. The largest absolute Gasteiger partial charge is 0.419 e. The number of benzene rings is 1. The number of imide groups is 1. The van der Waals surface area contributed by atoms with Crippen molar-refractivity contribution in [3.63, 3.8) is 0 Å². The van der Waals surface area contributed by atoms with E-state index in [0.29, 0.717) is 24.7 Å². The molecule has 2 aliphatic rings. The fraction of sp³-hybridized carbons (Fsp3) is 0.500. The number of aromatic nitrogens is 2. The molecule has 2 heterocycles. The molecule has 2 atom stereocenters. The molecule has 1 saturated heterocycles. The van der Waals surface area contributed by atoms with Crippen molar-refractivity contribution in [1.82, 2.24) is 20.0 Å². The van der Waals surface area contributed by atoms with E-state index in [1.54, 1.807) is 7.05 Å². The Bertz CT molecular complexity index is 902. The molecular weight excluding hydrogens is 384 g/mol. The molecule has 0 N–H and O–H groups in total. The lowest BCUT2D eigenvalue weighted by atomic mass is 9.81. The van der Waals surface area contributed by atoms with Gasteiger partial charge in [0.05, 0.1) is 18.4 Å². The molecule has 158 valence electrons. The van der Waals surface area contributed by atoms with Gasteiger partial charge in [-0.3, -0.25) is 19.3 Å². The zero-order valence-corrected chi connectivity index (χ0v) is 17.1. The average Bonchev–Trinajstić information content (AvgIpc) is 3.33. The summed E-state index contributed by atoms with van der Waals surface area (Å²) in [6.45, 7) is 0.521. The quantitative estimate of drug-likeness (QED) is 0.651. The van der Waals surface area contributed by atoms with Crippen LogP contribution in [0.25, 0.3) is 11.5 Å². The van der Waals surface area contributed by atoms with E-state index in [9.17, 15) is 14.4 Å². The molecule has 1 aromatic carbocycles. The highest BCUT2D eigenvalue weighted by Crippen LogP contribution is 2.38. The van der Waals surface area contributed by atoms with Crippen LogP contribution < -0.4 is 0 Å². The highest BCUT2D eigenvalue weighted by molar-refractivity contribution is 6.05. The van der Waals surface area contributed by atoms with Crippen molar-refractivity contribution in [1.29, 1.82) is 0 Å². The predicted octanol–water partition coefficient (Wildman–Crippen LogP) is 2.65. The van der Waals surface area contributed by atoms with Crippen molar-refractivity contribution in [3.05, 3.63) is 36.2 Å². The van der Waals surface area contributed by atoms with Crippen molar-refractivity contribution in [3.8, 4) is 11.5 Å². The van der Waals surface area contributed by atoms with Crippen LogP contribution in [-0.4, -0.2) is 51.3 Å². The van der Waals surface area contributed by atoms with E-state index in [1.807, 2.05) is 30.3 Å². The van der Waals surface area contributed by atoms with E-state index in [1.165, 1.54) is 9.80 Å². The number of fused-ring (bicyclic) bond motifs is 1. The minimum absolute atomic E-state index is 0.0511. The maximum absolute atomic E-state index is 12.5. The molecule has 2 aromatic rings. The van der Waals surface area contributed by atoms with E-state index in [0.717, 1.165) is 31.2 Å². The number of rotatable bonds is 7. The second-order valence-corrected chi connectivity index (χ2v) is 8.05. The first kappa shape index (κ1) is 20.3. The van der Waals surface area contributed by atoms with Gasteiger partial charge in [-0.2, -0.15) is 0 Å². The van der Waals surface area contributed by atoms with Gasteiger partial charge < -0.3 is 9.32 Å². The van der Waals surface area contributed by atoms with Gasteiger partial charge in [0.2, 0.25) is 29.5 Å². The first-order chi connectivity index (χ1) is 14.5. The molecule has 0 spiro atoms. The fourth-order valence-electron chi connectivity index (χ4n) is 4.34. The highest BCUT2D eigenvalue weighted by atomic mass is 16.4. The van der Waals surface area contributed by atoms with E-state index in [-0.39, 0.29) is 42.5 Å². The predicted molar refractivity (Wildman–Crippen MR) is 108 cm³/mol. The van der Waals surface area contributed by atoms with Crippen LogP contribution in [0.4, 0.5) is 0 Å². The summed E-state index contributed by atoms with van der Waals surface area (Å²) >= 11 is 0. The molecule has 0 bridgehead atoms. The van der Waals surface area contributed by atoms with Gasteiger partial charge in [-0.15, -0.1) is 10.2 Å². The molecule has 30 heavy (non-hydrogen) atoms. The molecule has 2 fully saturated rings. The van der Waals surface area contributed by atoms with Crippen molar-refractivity contribution in [2.24, 2.45) is 11.8 Å². The highest BCUT2D eigenvalue weighted by Gasteiger charge is 2.47. The Morgan fingerprint density at radius 3 is 2.43 bits per heavy atom. The van der Waals surface area contributed by atoms with Crippen LogP contribution in [0.1, 0.15) is 44.4 Å². The SMILES string of the molecule is CN(Cc1nnc(-c2ccccc2)o1)C(=O)CCCN1C(=O)[C@@H]2CCCC[C@H]2C1=O. The minimum Gasteiger partial charge on any atom is -0.419 e. The Hall–Kier alpha value is -3.03. The molecule has 1 aromatic heterocycles. The molecule has 3 amide bonds. The van der Waals surface area contributed by atoms with Gasteiger partial charge in [-0.05, 0) is 31.4 Å². The number of nitrogens with zero attached hydrogens (tertiary/aromatic N) is 4. The zero-order chi connectivity index (χ0) is 21.1. The lowest BCUT2D eigenvalue weighted by Crippen LogP contribution is -2.33. The number of amides is 3. The van der Waals surface area contributed by atoms with Crippen LogP contribution >= 0.6 is 0 Å². The van der Waals surface area contributed by atoms with Crippen LogP contribution in [0.5, 0.6) is 0 Å². The van der Waals surface area contributed by atoms with Crippen molar-refractivity contribution in [2.45, 2.75) is 45.1 Å². The van der Waals surface area contributed by atoms with Crippen molar-refractivity contribution < 1.29 is 18.8 Å². The van der Waals surface area contributed by atoms with Gasteiger partial charge >= 0.3 is 0 Å². The van der Waals surface area contributed by atoms with Crippen LogP contribution in [-0.2, 0) is 20.9 Å². The fourth-order valence-corrected chi connectivity index (χ4v) is 4.34. The number of carbonyl (C=O) groups excluding carboxylic acids is 3. The third-order valence-corrected chi connectivity index (χ3v) is 5.99.